The molecule has 0 atom stereocenters. The molecule has 19 heavy (non-hydrogen) atoms. The summed E-state index contributed by atoms with van der Waals surface area (Å²) in [5.41, 5.74) is 2.47. The molecule has 4 heteroatoms. The Morgan fingerprint density at radius 3 is 2.68 bits per heavy atom. The summed E-state index contributed by atoms with van der Waals surface area (Å²) in [5.74, 6) is 0.729. The summed E-state index contributed by atoms with van der Waals surface area (Å²) in [6, 6.07) is 2.21. The highest BCUT2D eigenvalue weighted by atomic mass is 16.3. The lowest BCUT2D eigenvalue weighted by Crippen LogP contribution is -2.28. The van der Waals surface area contributed by atoms with Gasteiger partial charge in [-0.15, -0.1) is 0 Å². The van der Waals surface area contributed by atoms with Gasteiger partial charge in [-0.3, -0.25) is 4.68 Å². The van der Waals surface area contributed by atoms with E-state index in [1.165, 1.54) is 11.4 Å². The SMILES string of the molecule is CCc1cc(CNCC2CCC(O)CC2)n(CC)n1. The summed E-state index contributed by atoms with van der Waals surface area (Å²) in [5, 5.41) is 17.6. The average molecular weight is 265 g/mol. The van der Waals surface area contributed by atoms with Gasteiger partial charge >= 0.3 is 0 Å². The van der Waals surface area contributed by atoms with Gasteiger partial charge in [-0.2, -0.15) is 5.10 Å². The lowest BCUT2D eigenvalue weighted by molar-refractivity contribution is 0.108. The van der Waals surface area contributed by atoms with Crippen molar-refractivity contribution in [1.29, 1.82) is 0 Å². The summed E-state index contributed by atoms with van der Waals surface area (Å²) in [6.45, 7) is 7.18. The van der Waals surface area contributed by atoms with E-state index in [0.717, 1.165) is 57.7 Å². The Hall–Kier alpha value is -0.870. The van der Waals surface area contributed by atoms with Crippen LogP contribution in [0.3, 0.4) is 0 Å². The largest absolute Gasteiger partial charge is 0.393 e. The summed E-state index contributed by atoms with van der Waals surface area (Å²) in [4.78, 5) is 0. The van der Waals surface area contributed by atoms with Gasteiger partial charge in [-0.25, -0.2) is 0 Å². The van der Waals surface area contributed by atoms with Crippen LogP contribution in [0, 0.1) is 5.92 Å². The molecule has 2 N–H and O–H groups in total. The number of hydrogen-bond acceptors (Lipinski definition) is 3. The van der Waals surface area contributed by atoms with Crippen molar-refractivity contribution >= 4 is 0 Å². The van der Waals surface area contributed by atoms with Gasteiger partial charge in [0.15, 0.2) is 0 Å². The van der Waals surface area contributed by atoms with Crippen molar-refractivity contribution in [2.45, 2.75) is 65.1 Å². The van der Waals surface area contributed by atoms with Gasteiger partial charge in [0.2, 0.25) is 0 Å². The minimum atomic E-state index is -0.0510. The van der Waals surface area contributed by atoms with E-state index in [1.807, 2.05) is 0 Å². The first kappa shape index (κ1) is 14.5. The number of rotatable bonds is 6. The summed E-state index contributed by atoms with van der Waals surface area (Å²) in [6.07, 6.45) is 5.20. The predicted octanol–water partition coefficient (Wildman–Crippen LogP) is 2.11. The molecule has 4 nitrogen and oxygen atoms in total. The third-order valence-corrected chi connectivity index (χ3v) is 4.13. The van der Waals surface area contributed by atoms with Crippen molar-refractivity contribution in [3.8, 4) is 0 Å². The molecule has 108 valence electrons. The maximum atomic E-state index is 9.50. The first-order chi connectivity index (χ1) is 9.22. The Balaban J connectivity index is 1.77. The Labute approximate surface area is 116 Å². The maximum Gasteiger partial charge on any atom is 0.0625 e. The molecule has 1 aliphatic carbocycles. The van der Waals surface area contributed by atoms with Crippen LogP contribution in [0.4, 0.5) is 0 Å². The van der Waals surface area contributed by atoms with E-state index < -0.39 is 0 Å². The standard InChI is InChI=1S/C15H27N3O/c1-3-13-9-14(18(4-2)17-13)11-16-10-12-5-7-15(19)8-6-12/h9,12,15-16,19H,3-8,10-11H2,1-2H3. The van der Waals surface area contributed by atoms with Crippen molar-refractivity contribution in [1.82, 2.24) is 15.1 Å². The number of aryl methyl sites for hydroxylation is 2. The number of aromatic nitrogens is 2. The Morgan fingerprint density at radius 2 is 2.05 bits per heavy atom. The molecule has 0 aliphatic heterocycles. The smallest absolute Gasteiger partial charge is 0.0625 e. The molecule has 1 heterocycles. The lowest BCUT2D eigenvalue weighted by atomic mass is 9.87. The van der Waals surface area contributed by atoms with Crippen molar-refractivity contribution in [2.24, 2.45) is 5.92 Å². The Kier molecular flexibility index (Phi) is 5.40. The fraction of sp³-hybridized carbons (Fsp3) is 0.800. The van der Waals surface area contributed by atoms with Crippen LogP contribution in [0.5, 0.6) is 0 Å². The second-order valence-electron chi connectivity index (χ2n) is 5.60. The Morgan fingerprint density at radius 1 is 1.32 bits per heavy atom. The van der Waals surface area contributed by atoms with Crippen LogP contribution < -0.4 is 5.32 Å². The normalized spacial score (nSPS) is 23.7. The molecule has 0 aromatic carbocycles. The van der Waals surface area contributed by atoms with Gasteiger partial charge in [-0.05, 0) is 57.6 Å². The molecule has 0 radical (unpaired) electrons. The summed E-state index contributed by atoms with van der Waals surface area (Å²) in [7, 11) is 0. The third kappa shape index (κ3) is 4.05. The summed E-state index contributed by atoms with van der Waals surface area (Å²) >= 11 is 0. The van der Waals surface area contributed by atoms with Crippen LogP contribution >= 0.6 is 0 Å². The quantitative estimate of drug-likeness (QED) is 0.828. The molecule has 1 saturated carbocycles. The third-order valence-electron chi connectivity index (χ3n) is 4.13. The maximum absolute atomic E-state index is 9.50. The first-order valence-electron chi connectivity index (χ1n) is 7.67. The van der Waals surface area contributed by atoms with Gasteiger partial charge < -0.3 is 10.4 Å². The minimum Gasteiger partial charge on any atom is -0.393 e. The molecule has 0 saturated heterocycles. The van der Waals surface area contributed by atoms with Crippen molar-refractivity contribution in [3.05, 3.63) is 17.5 Å². The molecular formula is C15H27N3O. The number of hydrogen-bond donors (Lipinski definition) is 2. The molecule has 1 fully saturated rings. The second kappa shape index (κ2) is 7.06. The van der Waals surface area contributed by atoms with Gasteiger partial charge in [0.05, 0.1) is 17.5 Å². The molecule has 0 spiro atoms. The zero-order valence-electron chi connectivity index (χ0n) is 12.2. The van der Waals surface area contributed by atoms with Gasteiger partial charge in [0.25, 0.3) is 0 Å². The van der Waals surface area contributed by atoms with Crippen LogP contribution in [0.25, 0.3) is 0 Å². The van der Waals surface area contributed by atoms with Crippen LogP contribution in [0.2, 0.25) is 0 Å². The molecule has 1 aromatic heterocycles. The molecule has 0 bridgehead atoms. The highest BCUT2D eigenvalue weighted by molar-refractivity contribution is 5.10. The van der Waals surface area contributed by atoms with Crippen LogP contribution in [0.15, 0.2) is 6.07 Å². The van der Waals surface area contributed by atoms with Crippen LogP contribution in [-0.2, 0) is 19.5 Å². The van der Waals surface area contributed by atoms with Crippen molar-refractivity contribution < 1.29 is 5.11 Å². The molecule has 2 rings (SSSR count). The van der Waals surface area contributed by atoms with Gasteiger partial charge in [0, 0.05) is 13.1 Å². The average Bonchev–Trinajstić information content (AvgIpc) is 2.83. The van der Waals surface area contributed by atoms with E-state index in [9.17, 15) is 5.11 Å². The first-order valence-corrected chi connectivity index (χ1v) is 7.67. The summed E-state index contributed by atoms with van der Waals surface area (Å²) < 4.78 is 2.09. The molecular weight excluding hydrogens is 238 g/mol. The predicted molar refractivity (Wildman–Crippen MR) is 77.0 cm³/mol. The second-order valence-corrected chi connectivity index (χ2v) is 5.60. The van der Waals surface area contributed by atoms with E-state index in [1.54, 1.807) is 0 Å². The number of nitrogens with one attached hydrogen (secondary N) is 1. The lowest BCUT2D eigenvalue weighted by Gasteiger charge is -2.25. The molecule has 0 unspecified atom stereocenters. The van der Waals surface area contributed by atoms with Crippen molar-refractivity contribution in [2.75, 3.05) is 6.54 Å². The Bertz CT molecular complexity index is 381. The highest BCUT2D eigenvalue weighted by Crippen LogP contribution is 2.23. The van der Waals surface area contributed by atoms with E-state index in [-0.39, 0.29) is 6.10 Å². The molecule has 1 aliphatic rings. The van der Waals surface area contributed by atoms with E-state index in [2.05, 4.69) is 35.0 Å². The van der Waals surface area contributed by atoms with Crippen LogP contribution in [0.1, 0.15) is 50.9 Å². The van der Waals surface area contributed by atoms with Crippen LogP contribution in [-0.4, -0.2) is 27.5 Å². The minimum absolute atomic E-state index is 0.0510. The van der Waals surface area contributed by atoms with E-state index >= 15 is 0 Å². The zero-order valence-corrected chi connectivity index (χ0v) is 12.2. The van der Waals surface area contributed by atoms with Crippen molar-refractivity contribution in [3.63, 3.8) is 0 Å². The number of nitrogens with zero attached hydrogens (tertiary/aromatic N) is 2. The topological polar surface area (TPSA) is 50.1 Å². The zero-order chi connectivity index (χ0) is 13.7. The van der Waals surface area contributed by atoms with E-state index in [4.69, 9.17) is 0 Å². The number of aliphatic hydroxyl groups excluding tert-OH is 1. The number of aliphatic hydroxyl groups is 1. The molecule has 0 amide bonds. The fourth-order valence-corrected chi connectivity index (χ4v) is 2.86. The monoisotopic (exact) mass is 265 g/mol. The van der Waals surface area contributed by atoms with E-state index in [0.29, 0.717) is 0 Å². The highest BCUT2D eigenvalue weighted by Gasteiger charge is 2.18. The van der Waals surface area contributed by atoms with Gasteiger partial charge in [-0.1, -0.05) is 6.92 Å². The fourth-order valence-electron chi connectivity index (χ4n) is 2.86. The molecule has 1 aromatic rings. The van der Waals surface area contributed by atoms with Gasteiger partial charge in [0.1, 0.15) is 0 Å².